The Bertz CT molecular complexity index is 733. The van der Waals surface area contributed by atoms with E-state index in [0.29, 0.717) is 23.1 Å². The topological polar surface area (TPSA) is 73.6 Å². The molecule has 138 valence electrons. The smallest absolute Gasteiger partial charge is 0.226 e. The Balaban J connectivity index is 1.62. The lowest BCUT2D eigenvalue weighted by Crippen LogP contribution is -2.21. The summed E-state index contributed by atoms with van der Waals surface area (Å²) in [6, 6.07) is 14.3. The highest BCUT2D eigenvalue weighted by molar-refractivity contribution is 6.31. The molecular weight excluding hydrogens is 352 g/mol. The third-order valence-corrected chi connectivity index (χ3v) is 4.53. The van der Waals surface area contributed by atoms with Crippen LogP contribution in [0.25, 0.3) is 0 Å². The molecule has 0 radical (unpaired) electrons. The maximum atomic E-state index is 12.4. The van der Waals surface area contributed by atoms with Gasteiger partial charge < -0.3 is 20.5 Å². The number of carbonyl (C=O) groups excluding carboxylic acids is 1. The van der Waals surface area contributed by atoms with Crippen LogP contribution in [0.5, 0.6) is 5.75 Å². The number of benzene rings is 2. The van der Waals surface area contributed by atoms with Gasteiger partial charge in [0.05, 0.1) is 11.8 Å². The second kappa shape index (κ2) is 9.03. The molecule has 6 heteroatoms. The highest BCUT2D eigenvalue weighted by Crippen LogP contribution is 2.29. The van der Waals surface area contributed by atoms with Crippen LogP contribution in [-0.4, -0.2) is 25.2 Å². The molecule has 5 nitrogen and oxygen atoms in total. The second-order valence-electron chi connectivity index (χ2n) is 6.36. The summed E-state index contributed by atoms with van der Waals surface area (Å²) in [7, 11) is 0. The molecule has 1 aliphatic heterocycles. The number of ether oxygens (including phenoxy) is 2. The summed E-state index contributed by atoms with van der Waals surface area (Å²) in [5.41, 5.74) is 7.59. The van der Waals surface area contributed by atoms with Gasteiger partial charge >= 0.3 is 0 Å². The fourth-order valence-electron chi connectivity index (χ4n) is 2.90. The Morgan fingerprint density at radius 3 is 2.85 bits per heavy atom. The van der Waals surface area contributed by atoms with E-state index in [0.717, 1.165) is 25.0 Å². The summed E-state index contributed by atoms with van der Waals surface area (Å²) in [5.74, 6) is 0.386. The van der Waals surface area contributed by atoms with E-state index in [1.54, 1.807) is 18.2 Å². The van der Waals surface area contributed by atoms with Crippen molar-refractivity contribution in [1.29, 1.82) is 0 Å². The molecule has 0 spiro atoms. The molecule has 2 atom stereocenters. The maximum absolute atomic E-state index is 12.4. The zero-order valence-electron chi connectivity index (χ0n) is 14.5. The second-order valence-corrected chi connectivity index (χ2v) is 6.79. The van der Waals surface area contributed by atoms with E-state index in [9.17, 15) is 4.79 Å². The first kappa shape index (κ1) is 18.7. The number of hydrogen-bond donors (Lipinski definition) is 2. The van der Waals surface area contributed by atoms with Crippen LogP contribution in [0.1, 0.15) is 30.9 Å². The average molecular weight is 375 g/mol. The first-order chi connectivity index (χ1) is 12.6. The van der Waals surface area contributed by atoms with Gasteiger partial charge in [-0.1, -0.05) is 41.9 Å². The molecule has 26 heavy (non-hydrogen) atoms. The van der Waals surface area contributed by atoms with E-state index < -0.39 is 0 Å². The molecule has 1 aliphatic rings. The molecular formula is C20H23ClN2O3. The van der Waals surface area contributed by atoms with Crippen LogP contribution in [0.3, 0.4) is 0 Å². The van der Waals surface area contributed by atoms with E-state index in [1.807, 2.05) is 30.3 Å². The number of rotatable bonds is 7. The average Bonchev–Trinajstić information content (AvgIpc) is 3.15. The molecule has 3 rings (SSSR count). The van der Waals surface area contributed by atoms with E-state index in [1.165, 1.54) is 0 Å². The molecule has 1 heterocycles. The van der Waals surface area contributed by atoms with Crippen molar-refractivity contribution in [2.24, 2.45) is 5.73 Å². The Labute approximate surface area is 158 Å². The summed E-state index contributed by atoms with van der Waals surface area (Å²) in [6.07, 6.45) is 2.30. The van der Waals surface area contributed by atoms with Gasteiger partial charge in [-0.3, -0.25) is 4.79 Å². The number of anilines is 1. The number of amides is 1. The maximum Gasteiger partial charge on any atom is 0.226 e. The molecule has 1 fully saturated rings. The predicted octanol–water partition coefficient (Wildman–Crippen LogP) is 3.93. The molecule has 1 amide bonds. The van der Waals surface area contributed by atoms with Gasteiger partial charge in [0, 0.05) is 24.1 Å². The van der Waals surface area contributed by atoms with Gasteiger partial charge in [0.25, 0.3) is 0 Å². The molecule has 0 aliphatic carbocycles. The number of carbonyl (C=O) groups is 1. The van der Waals surface area contributed by atoms with E-state index in [4.69, 9.17) is 26.8 Å². The minimum Gasteiger partial charge on any atom is -0.489 e. The van der Waals surface area contributed by atoms with Crippen LogP contribution in [0.4, 0.5) is 5.69 Å². The summed E-state index contributed by atoms with van der Waals surface area (Å²) in [4.78, 5) is 12.4. The Morgan fingerprint density at radius 1 is 1.31 bits per heavy atom. The van der Waals surface area contributed by atoms with Crippen LogP contribution in [0, 0.1) is 0 Å². The van der Waals surface area contributed by atoms with Crippen molar-refractivity contribution in [3.05, 3.63) is 59.1 Å². The molecule has 2 unspecified atom stereocenters. The lowest BCUT2D eigenvalue weighted by molar-refractivity contribution is -0.116. The van der Waals surface area contributed by atoms with Gasteiger partial charge in [0.15, 0.2) is 0 Å². The van der Waals surface area contributed by atoms with Gasteiger partial charge in [-0.25, -0.2) is 0 Å². The summed E-state index contributed by atoms with van der Waals surface area (Å²) >= 11 is 6.07. The third-order valence-electron chi connectivity index (χ3n) is 4.30. The molecule has 0 aromatic heterocycles. The quantitative estimate of drug-likeness (QED) is 0.770. The molecule has 0 bridgehead atoms. The highest BCUT2D eigenvalue weighted by Gasteiger charge is 2.18. The zero-order valence-corrected chi connectivity index (χ0v) is 15.2. The Hall–Kier alpha value is -2.08. The van der Waals surface area contributed by atoms with Crippen molar-refractivity contribution in [1.82, 2.24) is 0 Å². The lowest BCUT2D eigenvalue weighted by atomic mass is 10.0. The normalized spacial score (nSPS) is 17.7. The van der Waals surface area contributed by atoms with Crippen LogP contribution < -0.4 is 15.8 Å². The van der Waals surface area contributed by atoms with E-state index in [-0.39, 0.29) is 24.5 Å². The standard InChI is InChI=1S/C20H23ClN2O3/c21-15-8-9-19(26-13-16-7-4-10-25-16)18(11-15)23-20(24)12-17(22)14-5-2-1-3-6-14/h1-3,5-6,8-9,11,16-17H,4,7,10,12-13,22H2,(H,23,24). The van der Waals surface area contributed by atoms with Gasteiger partial charge in [-0.15, -0.1) is 0 Å². The summed E-state index contributed by atoms with van der Waals surface area (Å²) in [5, 5.41) is 3.38. The van der Waals surface area contributed by atoms with Gasteiger partial charge in [0.2, 0.25) is 5.91 Å². The minimum atomic E-state index is -0.369. The van der Waals surface area contributed by atoms with Crippen LogP contribution >= 0.6 is 11.6 Å². The molecule has 2 aromatic rings. The lowest BCUT2D eigenvalue weighted by Gasteiger charge is -2.17. The number of halogens is 1. The van der Waals surface area contributed by atoms with Crippen molar-refractivity contribution < 1.29 is 14.3 Å². The summed E-state index contributed by atoms with van der Waals surface area (Å²) in [6.45, 7) is 1.23. The molecule has 1 saturated heterocycles. The number of nitrogens with two attached hydrogens (primary N) is 1. The van der Waals surface area contributed by atoms with Crippen LogP contribution in [-0.2, 0) is 9.53 Å². The first-order valence-corrected chi connectivity index (χ1v) is 9.14. The molecule has 2 aromatic carbocycles. The molecule has 0 saturated carbocycles. The fourth-order valence-corrected chi connectivity index (χ4v) is 3.08. The first-order valence-electron chi connectivity index (χ1n) is 8.76. The van der Waals surface area contributed by atoms with Crippen molar-refractivity contribution in [2.75, 3.05) is 18.5 Å². The van der Waals surface area contributed by atoms with E-state index in [2.05, 4.69) is 5.32 Å². The van der Waals surface area contributed by atoms with E-state index >= 15 is 0 Å². The Kier molecular flexibility index (Phi) is 6.50. The number of nitrogens with one attached hydrogen (secondary N) is 1. The van der Waals surface area contributed by atoms with Crippen LogP contribution in [0.15, 0.2) is 48.5 Å². The largest absolute Gasteiger partial charge is 0.489 e. The predicted molar refractivity (Wildman–Crippen MR) is 103 cm³/mol. The monoisotopic (exact) mass is 374 g/mol. The van der Waals surface area contributed by atoms with Crippen molar-refractivity contribution in [3.8, 4) is 5.75 Å². The van der Waals surface area contributed by atoms with Crippen LogP contribution in [0.2, 0.25) is 5.02 Å². The summed E-state index contributed by atoms with van der Waals surface area (Å²) < 4.78 is 11.4. The van der Waals surface area contributed by atoms with Gasteiger partial charge in [-0.05, 0) is 36.6 Å². The SMILES string of the molecule is NC(CC(=O)Nc1cc(Cl)ccc1OCC1CCCO1)c1ccccc1. The Morgan fingerprint density at radius 2 is 2.12 bits per heavy atom. The minimum absolute atomic E-state index is 0.0979. The van der Waals surface area contributed by atoms with Crippen molar-refractivity contribution in [2.45, 2.75) is 31.4 Å². The zero-order chi connectivity index (χ0) is 18.4. The third kappa shape index (κ3) is 5.21. The fraction of sp³-hybridized carbons (Fsp3) is 0.350. The van der Waals surface area contributed by atoms with Crippen molar-refractivity contribution >= 4 is 23.2 Å². The van der Waals surface area contributed by atoms with Gasteiger partial charge in [-0.2, -0.15) is 0 Å². The number of hydrogen-bond acceptors (Lipinski definition) is 4. The van der Waals surface area contributed by atoms with Gasteiger partial charge in [0.1, 0.15) is 12.4 Å². The molecule has 3 N–H and O–H groups in total. The highest BCUT2D eigenvalue weighted by atomic mass is 35.5. The van der Waals surface area contributed by atoms with Crippen molar-refractivity contribution in [3.63, 3.8) is 0 Å².